The van der Waals surface area contributed by atoms with Gasteiger partial charge in [-0.2, -0.15) is 0 Å². The van der Waals surface area contributed by atoms with Crippen molar-refractivity contribution < 1.29 is 29.2 Å². The minimum absolute atomic E-state index is 0.00503. The number of carboxylic acids is 1. The van der Waals surface area contributed by atoms with Crippen LogP contribution >= 0.6 is 0 Å². The highest BCUT2D eigenvalue weighted by atomic mass is 16.6. The molecule has 1 heterocycles. The number of amides is 2. The zero-order valence-corrected chi connectivity index (χ0v) is 17.9. The van der Waals surface area contributed by atoms with E-state index in [9.17, 15) is 24.5 Å². The van der Waals surface area contributed by atoms with E-state index in [1.165, 1.54) is 23.1 Å². The molecule has 2 aromatic carbocycles. The number of nitrogens with one attached hydrogen (secondary N) is 1. The topological polar surface area (TPSA) is 139 Å². The van der Waals surface area contributed by atoms with E-state index in [-0.39, 0.29) is 37.3 Å². The van der Waals surface area contributed by atoms with Crippen LogP contribution in [0.25, 0.3) is 0 Å². The van der Waals surface area contributed by atoms with Crippen LogP contribution in [0.5, 0.6) is 0 Å². The van der Waals surface area contributed by atoms with Gasteiger partial charge in [-0.15, -0.1) is 0 Å². The Balaban J connectivity index is 1.95. The van der Waals surface area contributed by atoms with Crippen LogP contribution in [0.4, 0.5) is 10.5 Å². The van der Waals surface area contributed by atoms with E-state index in [1.807, 2.05) is 18.2 Å². The van der Waals surface area contributed by atoms with E-state index in [0.717, 1.165) is 5.56 Å². The molecule has 2 amide bonds. The highest BCUT2D eigenvalue weighted by Crippen LogP contribution is 2.33. The zero-order valence-electron chi connectivity index (χ0n) is 17.9. The standard InChI is InChI=1S/C23H23N3O7/c1-15-20(22(29)33-14-16-7-3-2-4-8-16)21(17-9-5-10-18(13-17)26(31)32)24-23(30)25(15)12-6-11-19(27)28/h2-5,7-10,13,21H,6,11-12,14H2,1H3,(H,24,30)(H,27,28). The summed E-state index contributed by atoms with van der Waals surface area (Å²) >= 11 is 0. The first-order chi connectivity index (χ1) is 15.8. The van der Waals surface area contributed by atoms with Crippen LogP contribution in [0.1, 0.15) is 36.9 Å². The molecule has 172 valence electrons. The largest absolute Gasteiger partial charge is 0.481 e. The van der Waals surface area contributed by atoms with Gasteiger partial charge in [0.2, 0.25) is 0 Å². The first-order valence-corrected chi connectivity index (χ1v) is 10.2. The number of carboxylic acid groups (broad SMARTS) is 1. The third-order valence-electron chi connectivity index (χ3n) is 5.22. The van der Waals surface area contributed by atoms with E-state index in [0.29, 0.717) is 11.3 Å². The lowest BCUT2D eigenvalue weighted by molar-refractivity contribution is -0.384. The molecule has 3 rings (SSSR count). The number of carbonyl (C=O) groups excluding carboxylic acids is 2. The quantitative estimate of drug-likeness (QED) is 0.336. The molecule has 0 saturated carbocycles. The molecule has 0 saturated heterocycles. The van der Waals surface area contributed by atoms with Gasteiger partial charge >= 0.3 is 18.0 Å². The lowest BCUT2D eigenvalue weighted by Gasteiger charge is -2.35. The number of esters is 1. The molecule has 0 spiro atoms. The van der Waals surface area contributed by atoms with Crippen LogP contribution in [-0.4, -0.2) is 39.4 Å². The van der Waals surface area contributed by atoms with Crippen molar-refractivity contribution in [3.63, 3.8) is 0 Å². The maximum atomic E-state index is 13.1. The third kappa shape index (κ3) is 5.73. The monoisotopic (exact) mass is 453 g/mol. The summed E-state index contributed by atoms with van der Waals surface area (Å²) in [7, 11) is 0. The number of non-ortho nitro benzene ring substituents is 1. The van der Waals surface area contributed by atoms with Crippen LogP contribution in [-0.2, 0) is 20.9 Å². The summed E-state index contributed by atoms with van der Waals surface area (Å²) in [6.07, 6.45) is 0.0487. The number of hydrogen-bond donors (Lipinski definition) is 2. The second kappa shape index (κ2) is 10.4. The molecular formula is C23H23N3O7. The van der Waals surface area contributed by atoms with Crippen LogP contribution in [0, 0.1) is 10.1 Å². The second-order valence-electron chi connectivity index (χ2n) is 7.44. The number of benzene rings is 2. The molecule has 1 aliphatic rings. The normalized spacial score (nSPS) is 15.7. The van der Waals surface area contributed by atoms with Gasteiger partial charge in [0.15, 0.2) is 0 Å². The summed E-state index contributed by atoms with van der Waals surface area (Å²) in [5.41, 5.74) is 1.38. The average molecular weight is 453 g/mol. The summed E-state index contributed by atoms with van der Waals surface area (Å²) in [6, 6.07) is 13.2. The van der Waals surface area contributed by atoms with Crippen molar-refractivity contribution in [1.29, 1.82) is 0 Å². The molecule has 10 nitrogen and oxygen atoms in total. The van der Waals surface area contributed by atoms with Crippen molar-refractivity contribution in [1.82, 2.24) is 10.2 Å². The lowest BCUT2D eigenvalue weighted by Crippen LogP contribution is -2.48. The average Bonchev–Trinajstić information content (AvgIpc) is 2.79. The number of nitro benzene ring substituents is 1. The number of nitro groups is 1. The van der Waals surface area contributed by atoms with E-state index in [2.05, 4.69) is 5.32 Å². The van der Waals surface area contributed by atoms with Crippen molar-refractivity contribution in [2.75, 3.05) is 6.54 Å². The van der Waals surface area contributed by atoms with Crippen molar-refractivity contribution in [3.8, 4) is 0 Å². The Morgan fingerprint density at radius 2 is 1.91 bits per heavy atom. The predicted octanol–water partition coefficient (Wildman–Crippen LogP) is 3.54. The lowest BCUT2D eigenvalue weighted by atomic mass is 9.94. The molecule has 33 heavy (non-hydrogen) atoms. The molecule has 0 radical (unpaired) electrons. The fraction of sp³-hybridized carbons (Fsp3) is 0.261. The minimum atomic E-state index is -0.994. The Bertz CT molecular complexity index is 1100. The number of allylic oxidation sites excluding steroid dienone is 1. The molecule has 0 aromatic heterocycles. The summed E-state index contributed by atoms with van der Waals surface area (Å²) in [6.45, 7) is 1.66. The zero-order chi connectivity index (χ0) is 24.0. The Morgan fingerprint density at radius 3 is 2.58 bits per heavy atom. The number of nitrogens with zero attached hydrogens (tertiary/aromatic N) is 2. The van der Waals surface area contributed by atoms with Gasteiger partial charge < -0.3 is 15.2 Å². The van der Waals surface area contributed by atoms with Gasteiger partial charge in [0.05, 0.1) is 16.5 Å². The minimum Gasteiger partial charge on any atom is -0.481 e. The van der Waals surface area contributed by atoms with Crippen LogP contribution in [0.2, 0.25) is 0 Å². The number of urea groups is 1. The van der Waals surface area contributed by atoms with Crippen molar-refractivity contribution in [2.24, 2.45) is 0 Å². The van der Waals surface area contributed by atoms with Crippen LogP contribution in [0.3, 0.4) is 0 Å². The van der Waals surface area contributed by atoms with Gasteiger partial charge in [0.1, 0.15) is 6.61 Å². The van der Waals surface area contributed by atoms with Crippen molar-refractivity contribution in [3.05, 3.63) is 87.1 Å². The molecule has 2 aromatic rings. The second-order valence-corrected chi connectivity index (χ2v) is 7.44. The van der Waals surface area contributed by atoms with Crippen molar-refractivity contribution >= 4 is 23.7 Å². The van der Waals surface area contributed by atoms with Gasteiger partial charge in [-0.25, -0.2) is 9.59 Å². The maximum absolute atomic E-state index is 13.1. The van der Waals surface area contributed by atoms with Gasteiger partial charge in [0, 0.05) is 30.8 Å². The van der Waals surface area contributed by atoms with Crippen LogP contribution < -0.4 is 5.32 Å². The van der Waals surface area contributed by atoms with Gasteiger partial charge in [-0.3, -0.25) is 19.8 Å². The number of ether oxygens (including phenoxy) is 1. The molecular weight excluding hydrogens is 430 g/mol. The third-order valence-corrected chi connectivity index (χ3v) is 5.22. The van der Waals surface area contributed by atoms with Gasteiger partial charge in [-0.05, 0) is 24.5 Å². The van der Waals surface area contributed by atoms with E-state index >= 15 is 0 Å². The highest BCUT2D eigenvalue weighted by Gasteiger charge is 2.36. The molecule has 0 fully saturated rings. The maximum Gasteiger partial charge on any atom is 0.338 e. The Morgan fingerprint density at radius 1 is 1.18 bits per heavy atom. The van der Waals surface area contributed by atoms with E-state index < -0.39 is 28.9 Å². The van der Waals surface area contributed by atoms with Crippen molar-refractivity contribution in [2.45, 2.75) is 32.4 Å². The summed E-state index contributed by atoms with van der Waals surface area (Å²) in [5.74, 6) is -1.68. The summed E-state index contributed by atoms with van der Waals surface area (Å²) in [4.78, 5) is 48.7. The van der Waals surface area contributed by atoms with E-state index in [1.54, 1.807) is 25.1 Å². The number of rotatable bonds is 9. The Hall–Kier alpha value is -4.21. The Labute approximate surface area is 189 Å². The fourth-order valence-corrected chi connectivity index (χ4v) is 3.57. The molecule has 0 bridgehead atoms. The molecule has 2 N–H and O–H groups in total. The SMILES string of the molecule is CC1=C(C(=O)OCc2ccccc2)C(c2cccc([N+](=O)[O-])c2)NC(=O)N1CCCC(=O)O. The molecule has 10 heteroatoms. The molecule has 1 aliphatic heterocycles. The van der Waals surface area contributed by atoms with E-state index in [4.69, 9.17) is 9.84 Å². The summed E-state index contributed by atoms with van der Waals surface area (Å²) < 4.78 is 5.49. The smallest absolute Gasteiger partial charge is 0.338 e. The first kappa shape index (κ1) is 23.5. The first-order valence-electron chi connectivity index (χ1n) is 10.2. The number of carbonyl (C=O) groups is 3. The fourth-order valence-electron chi connectivity index (χ4n) is 3.57. The van der Waals surface area contributed by atoms with Crippen LogP contribution in [0.15, 0.2) is 65.9 Å². The molecule has 1 unspecified atom stereocenters. The summed E-state index contributed by atoms with van der Waals surface area (Å²) in [5, 5.41) is 22.8. The molecule has 1 atom stereocenters. The number of hydrogen-bond acceptors (Lipinski definition) is 6. The van der Waals surface area contributed by atoms with Gasteiger partial charge in [-0.1, -0.05) is 42.5 Å². The number of aliphatic carboxylic acids is 1. The Kier molecular flexibility index (Phi) is 7.39. The van der Waals surface area contributed by atoms with Gasteiger partial charge in [0.25, 0.3) is 5.69 Å². The molecule has 0 aliphatic carbocycles. The highest BCUT2D eigenvalue weighted by molar-refractivity contribution is 5.95. The predicted molar refractivity (Wildman–Crippen MR) is 117 cm³/mol.